The zero-order valence-electron chi connectivity index (χ0n) is 11.1. The maximum Gasteiger partial charge on any atom is 0.307 e. The van der Waals surface area contributed by atoms with Gasteiger partial charge in [0.2, 0.25) is 5.91 Å². The van der Waals surface area contributed by atoms with E-state index in [-0.39, 0.29) is 11.8 Å². The van der Waals surface area contributed by atoms with Crippen molar-refractivity contribution in [3.8, 4) is 0 Å². The number of aliphatic carboxylic acids is 1. The van der Waals surface area contributed by atoms with E-state index in [2.05, 4.69) is 18.7 Å². The Hall–Kier alpha value is -1.10. The molecule has 1 aliphatic heterocycles. The van der Waals surface area contributed by atoms with Crippen LogP contribution in [0, 0.1) is 11.8 Å². The summed E-state index contributed by atoms with van der Waals surface area (Å²) in [5.74, 6) is -1.45. The van der Waals surface area contributed by atoms with Crippen LogP contribution in [0.4, 0.5) is 0 Å². The Labute approximate surface area is 108 Å². The van der Waals surface area contributed by atoms with Gasteiger partial charge < -0.3 is 10.0 Å². The molecule has 5 nitrogen and oxygen atoms in total. The number of carbonyl (C=O) groups excluding carboxylic acids is 1. The van der Waals surface area contributed by atoms with Crippen molar-refractivity contribution >= 4 is 11.9 Å². The molecule has 3 atom stereocenters. The van der Waals surface area contributed by atoms with Gasteiger partial charge in [-0.2, -0.15) is 0 Å². The monoisotopic (exact) mass is 254 g/mol. The summed E-state index contributed by atoms with van der Waals surface area (Å²) in [6.45, 7) is 7.83. The average molecular weight is 254 g/mol. The number of hydrogen-bond donors (Lipinski definition) is 1. The second-order valence-electron chi connectivity index (χ2n) is 5.23. The van der Waals surface area contributed by atoms with Gasteiger partial charge in [-0.1, -0.05) is 13.8 Å². The lowest BCUT2D eigenvalue weighted by molar-refractivity contribution is -0.141. The van der Waals surface area contributed by atoms with E-state index in [4.69, 9.17) is 5.11 Å². The van der Waals surface area contributed by atoms with E-state index < -0.39 is 11.9 Å². The normalized spacial score (nSPS) is 30.8. The van der Waals surface area contributed by atoms with E-state index in [0.29, 0.717) is 12.5 Å². The molecule has 1 saturated heterocycles. The molecule has 2 aliphatic rings. The summed E-state index contributed by atoms with van der Waals surface area (Å²) in [5, 5.41) is 8.85. The molecule has 102 valence electrons. The van der Waals surface area contributed by atoms with Gasteiger partial charge in [-0.15, -0.1) is 0 Å². The molecule has 18 heavy (non-hydrogen) atoms. The first kappa shape index (κ1) is 13.3. The fourth-order valence-electron chi connectivity index (χ4n) is 2.96. The minimum Gasteiger partial charge on any atom is -0.481 e. The highest BCUT2D eigenvalue weighted by molar-refractivity contribution is 5.89. The Morgan fingerprint density at radius 1 is 1.28 bits per heavy atom. The highest BCUT2D eigenvalue weighted by atomic mass is 16.4. The Bertz CT molecular complexity index is 341. The summed E-state index contributed by atoms with van der Waals surface area (Å²) < 4.78 is 0. The molecular formula is C13H22N2O3. The predicted molar refractivity (Wildman–Crippen MR) is 67.1 cm³/mol. The maximum absolute atomic E-state index is 12.1. The standard InChI is InChI=1S/C13H22N2O3/c1-3-14(4-2)9-5-6-15(8-9)12(16)10-7-11(10)13(17)18/h9-11H,3-8H2,1-2H3,(H,17,18)/t9?,10-,11+/m1/s1. The van der Waals surface area contributed by atoms with Crippen LogP contribution in [-0.2, 0) is 9.59 Å². The maximum atomic E-state index is 12.1. The summed E-state index contributed by atoms with van der Waals surface area (Å²) >= 11 is 0. The lowest BCUT2D eigenvalue weighted by atomic mass is 10.2. The number of rotatable bonds is 5. The molecule has 0 spiro atoms. The minimum absolute atomic E-state index is 0.0528. The Morgan fingerprint density at radius 2 is 1.94 bits per heavy atom. The van der Waals surface area contributed by atoms with Gasteiger partial charge in [0.15, 0.2) is 0 Å². The first-order chi connectivity index (χ1) is 8.58. The summed E-state index contributed by atoms with van der Waals surface area (Å²) in [7, 11) is 0. The highest BCUT2D eigenvalue weighted by Crippen LogP contribution is 2.40. The van der Waals surface area contributed by atoms with Crippen LogP contribution >= 0.6 is 0 Å². The van der Waals surface area contributed by atoms with Crippen LogP contribution < -0.4 is 0 Å². The van der Waals surface area contributed by atoms with Gasteiger partial charge in [-0.3, -0.25) is 14.5 Å². The third-order valence-corrected chi connectivity index (χ3v) is 4.23. The van der Waals surface area contributed by atoms with E-state index in [1.165, 1.54) is 0 Å². The van der Waals surface area contributed by atoms with Gasteiger partial charge in [0, 0.05) is 19.1 Å². The number of nitrogens with zero attached hydrogens (tertiary/aromatic N) is 2. The molecule has 1 aliphatic carbocycles. The van der Waals surface area contributed by atoms with E-state index >= 15 is 0 Å². The number of carbonyl (C=O) groups is 2. The van der Waals surface area contributed by atoms with Gasteiger partial charge in [-0.05, 0) is 25.9 Å². The van der Waals surface area contributed by atoms with Crippen molar-refractivity contribution in [2.24, 2.45) is 11.8 Å². The molecule has 1 saturated carbocycles. The van der Waals surface area contributed by atoms with Crippen molar-refractivity contribution in [2.75, 3.05) is 26.2 Å². The molecule has 5 heteroatoms. The van der Waals surface area contributed by atoms with Gasteiger partial charge in [0.25, 0.3) is 0 Å². The number of likely N-dealkylation sites (N-methyl/N-ethyl adjacent to an activating group) is 1. The largest absolute Gasteiger partial charge is 0.481 e. The van der Waals surface area contributed by atoms with Crippen LogP contribution in [0.2, 0.25) is 0 Å². The zero-order valence-corrected chi connectivity index (χ0v) is 11.1. The summed E-state index contributed by atoms with van der Waals surface area (Å²) in [6.07, 6.45) is 1.54. The molecule has 0 aromatic rings. The van der Waals surface area contributed by atoms with Crippen molar-refractivity contribution in [3.63, 3.8) is 0 Å². The first-order valence-corrected chi connectivity index (χ1v) is 6.84. The number of carboxylic acid groups (broad SMARTS) is 1. The summed E-state index contributed by atoms with van der Waals surface area (Å²) in [5.41, 5.74) is 0. The molecule has 1 unspecified atom stereocenters. The van der Waals surface area contributed by atoms with Gasteiger partial charge in [0.05, 0.1) is 11.8 Å². The Kier molecular flexibility index (Phi) is 3.90. The SMILES string of the molecule is CCN(CC)C1CCN(C(=O)[C@@H]2C[C@@H]2C(=O)O)C1. The van der Waals surface area contributed by atoms with Crippen LogP contribution in [0.3, 0.4) is 0 Å². The first-order valence-electron chi connectivity index (χ1n) is 6.84. The molecule has 0 aromatic carbocycles. The van der Waals surface area contributed by atoms with E-state index in [1.807, 2.05) is 4.90 Å². The lowest BCUT2D eigenvalue weighted by Crippen LogP contribution is -2.39. The van der Waals surface area contributed by atoms with Crippen molar-refractivity contribution in [1.82, 2.24) is 9.80 Å². The van der Waals surface area contributed by atoms with Crippen molar-refractivity contribution in [3.05, 3.63) is 0 Å². The summed E-state index contributed by atoms with van der Waals surface area (Å²) in [4.78, 5) is 27.1. The number of carboxylic acids is 1. The van der Waals surface area contributed by atoms with Crippen molar-refractivity contribution in [1.29, 1.82) is 0 Å². The fourth-order valence-corrected chi connectivity index (χ4v) is 2.96. The minimum atomic E-state index is -0.826. The highest BCUT2D eigenvalue weighted by Gasteiger charge is 2.50. The van der Waals surface area contributed by atoms with Crippen LogP contribution in [0.15, 0.2) is 0 Å². The predicted octanol–water partition coefficient (Wildman–Crippen LogP) is 0.650. The van der Waals surface area contributed by atoms with Crippen LogP contribution in [0.25, 0.3) is 0 Å². The third-order valence-electron chi connectivity index (χ3n) is 4.23. The molecule has 0 bridgehead atoms. The molecule has 1 heterocycles. The quantitative estimate of drug-likeness (QED) is 0.782. The van der Waals surface area contributed by atoms with E-state index in [1.54, 1.807) is 0 Å². The van der Waals surface area contributed by atoms with Crippen molar-refractivity contribution < 1.29 is 14.7 Å². The molecule has 0 radical (unpaired) electrons. The molecule has 0 aromatic heterocycles. The number of hydrogen-bond acceptors (Lipinski definition) is 3. The van der Waals surface area contributed by atoms with Gasteiger partial charge >= 0.3 is 5.97 Å². The van der Waals surface area contributed by atoms with Crippen LogP contribution in [-0.4, -0.2) is 59.0 Å². The molecule has 2 fully saturated rings. The molecular weight excluding hydrogens is 232 g/mol. The van der Waals surface area contributed by atoms with Crippen LogP contribution in [0.5, 0.6) is 0 Å². The fraction of sp³-hybridized carbons (Fsp3) is 0.846. The molecule has 1 N–H and O–H groups in total. The second-order valence-corrected chi connectivity index (χ2v) is 5.23. The van der Waals surface area contributed by atoms with Gasteiger partial charge in [0.1, 0.15) is 0 Å². The zero-order chi connectivity index (χ0) is 13.3. The smallest absolute Gasteiger partial charge is 0.307 e. The number of amides is 1. The molecule has 2 rings (SSSR count). The van der Waals surface area contributed by atoms with E-state index in [0.717, 1.165) is 32.6 Å². The molecule has 1 amide bonds. The number of likely N-dealkylation sites (tertiary alicyclic amines) is 1. The van der Waals surface area contributed by atoms with E-state index in [9.17, 15) is 9.59 Å². The van der Waals surface area contributed by atoms with Gasteiger partial charge in [-0.25, -0.2) is 0 Å². The summed E-state index contributed by atoms with van der Waals surface area (Å²) in [6, 6.07) is 0.450. The second kappa shape index (κ2) is 5.26. The topological polar surface area (TPSA) is 60.9 Å². The van der Waals surface area contributed by atoms with Crippen molar-refractivity contribution in [2.45, 2.75) is 32.7 Å². The average Bonchev–Trinajstić information content (AvgIpc) is 3.02. The Morgan fingerprint density at radius 3 is 2.44 bits per heavy atom. The third kappa shape index (κ3) is 2.51. The van der Waals surface area contributed by atoms with Crippen LogP contribution in [0.1, 0.15) is 26.7 Å². The Balaban J connectivity index is 1.86. The lowest BCUT2D eigenvalue weighted by Gasteiger charge is -2.26.